The first kappa shape index (κ1) is 13.6. The number of nitrogens with two attached hydrogens (primary N) is 1. The maximum atomic E-state index is 5.83. The SMILES string of the molecule is CC(C)(C)N1CCN(c2nc(N)nc3sccc23)CC1. The summed E-state index contributed by atoms with van der Waals surface area (Å²) >= 11 is 1.62. The Labute approximate surface area is 123 Å². The molecule has 0 unspecified atom stereocenters. The summed E-state index contributed by atoms with van der Waals surface area (Å²) in [5.74, 6) is 1.36. The topological polar surface area (TPSA) is 58.3 Å². The van der Waals surface area contributed by atoms with Gasteiger partial charge in [0, 0.05) is 31.7 Å². The smallest absolute Gasteiger partial charge is 0.223 e. The van der Waals surface area contributed by atoms with Crippen molar-refractivity contribution in [3.8, 4) is 0 Å². The molecule has 0 amide bonds. The molecule has 0 radical (unpaired) electrons. The van der Waals surface area contributed by atoms with E-state index in [2.05, 4.69) is 46.6 Å². The number of nitrogen functional groups attached to an aromatic ring is 1. The number of piperazine rings is 1. The average molecular weight is 291 g/mol. The molecule has 1 aliphatic rings. The Balaban J connectivity index is 1.85. The van der Waals surface area contributed by atoms with E-state index in [1.807, 2.05) is 5.38 Å². The van der Waals surface area contributed by atoms with Crippen LogP contribution in [0.15, 0.2) is 11.4 Å². The second-order valence-electron chi connectivity index (χ2n) is 6.19. The van der Waals surface area contributed by atoms with Crippen molar-refractivity contribution >= 4 is 33.3 Å². The van der Waals surface area contributed by atoms with Crippen LogP contribution < -0.4 is 10.6 Å². The molecule has 1 fully saturated rings. The molecule has 1 saturated heterocycles. The van der Waals surface area contributed by atoms with Crippen molar-refractivity contribution in [3.63, 3.8) is 0 Å². The van der Waals surface area contributed by atoms with Gasteiger partial charge in [-0.15, -0.1) is 11.3 Å². The molecule has 3 rings (SSSR count). The highest BCUT2D eigenvalue weighted by molar-refractivity contribution is 7.16. The molecule has 2 N–H and O–H groups in total. The van der Waals surface area contributed by atoms with Crippen molar-refractivity contribution in [1.29, 1.82) is 0 Å². The van der Waals surface area contributed by atoms with Crippen LogP contribution in [0.4, 0.5) is 11.8 Å². The second-order valence-corrected chi connectivity index (χ2v) is 7.08. The maximum Gasteiger partial charge on any atom is 0.223 e. The average Bonchev–Trinajstić information content (AvgIpc) is 2.85. The number of aromatic nitrogens is 2. The van der Waals surface area contributed by atoms with Gasteiger partial charge in [0.25, 0.3) is 0 Å². The van der Waals surface area contributed by atoms with Gasteiger partial charge >= 0.3 is 0 Å². The molecule has 0 bridgehead atoms. The summed E-state index contributed by atoms with van der Waals surface area (Å²) in [6, 6.07) is 2.09. The normalized spacial score (nSPS) is 17.9. The minimum Gasteiger partial charge on any atom is -0.368 e. The fourth-order valence-electron chi connectivity index (χ4n) is 2.69. The predicted octanol–water partition coefficient (Wildman–Crippen LogP) is 2.19. The molecule has 1 aliphatic heterocycles. The van der Waals surface area contributed by atoms with Crippen molar-refractivity contribution in [2.45, 2.75) is 26.3 Å². The van der Waals surface area contributed by atoms with Gasteiger partial charge in [-0.25, -0.2) is 4.98 Å². The minimum atomic E-state index is 0.231. The lowest BCUT2D eigenvalue weighted by atomic mass is 10.0. The molecule has 2 aromatic rings. The number of nitrogens with zero attached hydrogens (tertiary/aromatic N) is 4. The summed E-state index contributed by atoms with van der Waals surface area (Å²) in [6.07, 6.45) is 0. The Morgan fingerprint density at radius 2 is 1.85 bits per heavy atom. The molecule has 0 aromatic carbocycles. The Hall–Kier alpha value is -1.40. The zero-order valence-corrected chi connectivity index (χ0v) is 13.1. The van der Waals surface area contributed by atoms with Crippen molar-refractivity contribution in [2.24, 2.45) is 0 Å². The van der Waals surface area contributed by atoms with Crippen molar-refractivity contribution in [3.05, 3.63) is 11.4 Å². The highest BCUT2D eigenvalue weighted by Crippen LogP contribution is 2.29. The Kier molecular flexibility index (Phi) is 3.30. The van der Waals surface area contributed by atoms with Gasteiger partial charge in [-0.2, -0.15) is 4.98 Å². The van der Waals surface area contributed by atoms with Crippen LogP contribution in [0.2, 0.25) is 0 Å². The molecule has 0 aliphatic carbocycles. The molecule has 0 atom stereocenters. The number of hydrogen-bond acceptors (Lipinski definition) is 6. The van der Waals surface area contributed by atoms with E-state index in [1.54, 1.807) is 11.3 Å². The standard InChI is InChI=1S/C14H21N5S/c1-14(2,3)19-7-5-18(6-8-19)11-10-4-9-20-12(10)17-13(15)16-11/h4,9H,5-8H2,1-3H3,(H2,15,16,17). The van der Waals surface area contributed by atoms with Crippen LogP contribution in [-0.2, 0) is 0 Å². The number of hydrogen-bond donors (Lipinski definition) is 1. The van der Waals surface area contributed by atoms with Gasteiger partial charge in [0.2, 0.25) is 5.95 Å². The third kappa shape index (κ3) is 2.45. The van der Waals surface area contributed by atoms with Gasteiger partial charge in [0.15, 0.2) is 0 Å². The lowest BCUT2D eigenvalue weighted by molar-refractivity contribution is 0.128. The molecule has 2 aromatic heterocycles. The van der Waals surface area contributed by atoms with E-state index in [-0.39, 0.29) is 5.54 Å². The van der Waals surface area contributed by atoms with Gasteiger partial charge in [-0.05, 0) is 32.2 Å². The van der Waals surface area contributed by atoms with E-state index >= 15 is 0 Å². The third-order valence-corrected chi connectivity index (χ3v) is 4.66. The number of rotatable bonds is 1. The summed E-state index contributed by atoms with van der Waals surface area (Å²) in [7, 11) is 0. The van der Waals surface area contributed by atoms with Gasteiger partial charge in [0.05, 0.1) is 5.39 Å². The van der Waals surface area contributed by atoms with E-state index in [4.69, 9.17) is 5.73 Å². The van der Waals surface area contributed by atoms with Crippen molar-refractivity contribution < 1.29 is 0 Å². The molecular weight excluding hydrogens is 270 g/mol. The Morgan fingerprint density at radius 1 is 1.15 bits per heavy atom. The van der Waals surface area contributed by atoms with Crippen LogP contribution >= 0.6 is 11.3 Å². The Bertz CT molecular complexity index is 608. The predicted molar refractivity (Wildman–Crippen MR) is 85.4 cm³/mol. The number of fused-ring (bicyclic) bond motifs is 1. The quantitative estimate of drug-likeness (QED) is 0.873. The van der Waals surface area contributed by atoms with Gasteiger partial charge in [-0.3, -0.25) is 4.90 Å². The van der Waals surface area contributed by atoms with Crippen LogP contribution in [0.5, 0.6) is 0 Å². The van der Waals surface area contributed by atoms with Crippen LogP contribution in [0, 0.1) is 0 Å². The maximum absolute atomic E-state index is 5.83. The van der Waals surface area contributed by atoms with E-state index in [0.29, 0.717) is 5.95 Å². The second kappa shape index (κ2) is 4.86. The first-order chi connectivity index (χ1) is 9.45. The lowest BCUT2D eigenvalue weighted by Gasteiger charge is -2.42. The highest BCUT2D eigenvalue weighted by atomic mass is 32.1. The van der Waals surface area contributed by atoms with Gasteiger partial charge in [-0.1, -0.05) is 0 Å². The fourth-order valence-corrected chi connectivity index (χ4v) is 3.45. The van der Waals surface area contributed by atoms with Gasteiger partial charge in [0.1, 0.15) is 10.6 Å². The van der Waals surface area contributed by atoms with Crippen LogP contribution in [0.25, 0.3) is 10.2 Å². The van der Waals surface area contributed by atoms with Crippen LogP contribution in [0.3, 0.4) is 0 Å². The van der Waals surface area contributed by atoms with E-state index < -0.39 is 0 Å². The molecule has 0 saturated carbocycles. The number of anilines is 2. The highest BCUT2D eigenvalue weighted by Gasteiger charge is 2.27. The fraction of sp³-hybridized carbons (Fsp3) is 0.571. The van der Waals surface area contributed by atoms with E-state index in [0.717, 1.165) is 42.2 Å². The molecular formula is C14H21N5S. The Morgan fingerprint density at radius 3 is 2.50 bits per heavy atom. The van der Waals surface area contributed by atoms with Crippen molar-refractivity contribution in [1.82, 2.24) is 14.9 Å². The zero-order valence-electron chi connectivity index (χ0n) is 12.3. The summed E-state index contributed by atoms with van der Waals surface area (Å²) in [5, 5.41) is 3.17. The molecule has 3 heterocycles. The largest absolute Gasteiger partial charge is 0.368 e. The monoisotopic (exact) mass is 291 g/mol. The summed E-state index contributed by atoms with van der Waals surface area (Å²) in [5.41, 5.74) is 6.07. The van der Waals surface area contributed by atoms with Crippen molar-refractivity contribution in [2.75, 3.05) is 36.8 Å². The zero-order chi connectivity index (χ0) is 14.3. The molecule has 108 valence electrons. The first-order valence-electron chi connectivity index (χ1n) is 6.96. The molecule has 0 spiro atoms. The summed E-state index contributed by atoms with van der Waals surface area (Å²) in [6.45, 7) is 10.9. The van der Waals surface area contributed by atoms with E-state index in [1.165, 1.54) is 0 Å². The molecule has 5 nitrogen and oxygen atoms in total. The summed E-state index contributed by atoms with van der Waals surface area (Å²) < 4.78 is 0. The minimum absolute atomic E-state index is 0.231. The lowest BCUT2D eigenvalue weighted by Crippen LogP contribution is -2.53. The van der Waals surface area contributed by atoms with Gasteiger partial charge < -0.3 is 10.6 Å². The molecule has 20 heavy (non-hydrogen) atoms. The van der Waals surface area contributed by atoms with Crippen LogP contribution in [0.1, 0.15) is 20.8 Å². The molecule has 6 heteroatoms. The van der Waals surface area contributed by atoms with Crippen LogP contribution in [-0.4, -0.2) is 46.6 Å². The number of thiophene rings is 1. The third-order valence-electron chi connectivity index (χ3n) is 3.85. The first-order valence-corrected chi connectivity index (χ1v) is 7.84. The summed E-state index contributed by atoms with van der Waals surface area (Å²) in [4.78, 5) is 14.6. The van der Waals surface area contributed by atoms with E-state index in [9.17, 15) is 0 Å².